The van der Waals surface area contributed by atoms with Gasteiger partial charge in [0.2, 0.25) is 0 Å². The van der Waals surface area contributed by atoms with Gasteiger partial charge in [-0.1, -0.05) is 24.3 Å². The number of hydrogen-bond acceptors (Lipinski definition) is 1. The van der Waals surface area contributed by atoms with E-state index in [0.29, 0.717) is 5.56 Å². The van der Waals surface area contributed by atoms with E-state index in [9.17, 15) is 18.3 Å². The summed E-state index contributed by atoms with van der Waals surface area (Å²) >= 11 is 0. The first-order valence-corrected chi connectivity index (χ1v) is 5.91. The Labute approximate surface area is 109 Å². The molecule has 1 atom stereocenters. The van der Waals surface area contributed by atoms with Crippen molar-refractivity contribution < 1.29 is 18.3 Å². The third-order valence-electron chi connectivity index (χ3n) is 2.85. The molecule has 2 aromatic carbocycles. The van der Waals surface area contributed by atoms with Crippen LogP contribution in [0.25, 0.3) is 0 Å². The van der Waals surface area contributed by atoms with Crippen LogP contribution in [-0.2, 0) is 12.8 Å². The molecule has 0 aromatic heterocycles. The second-order valence-electron chi connectivity index (χ2n) is 4.40. The molecule has 1 unspecified atom stereocenters. The fraction of sp³-hybridized carbons (Fsp3) is 0.200. The minimum absolute atomic E-state index is 0.0138. The molecule has 0 fully saturated rings. The van der Waals surface area contributed by atoms with Gasteiger partial charge in [0.15, 0.2) is 11.6 Å². The monoisotopic (exact) mass is 266 g/mol. The highest BCUT2D eigenvalue weighted by Crippen LogP contribution is 2.15. The molecule has 0 bridgehead atoms. The third-order valence-corrected chi connectivity index (χ3v) is 2.85. The van der Waals surface area contributed by atoms with Crippen LogP contribution in [0.1, 0.15) is 11.1 Å². The average molecular weight is 266 g/mol. The second kappa shape index (κ2) is 5.89. The summed E-state index contributed by atoms with van der Waals surface area (Å²) in [6.45, 7) is 0. The largest absolute Gasteiger partial charge is 0.392 e. The molecule has 0 aliphatic heterocycles. The van der Waals surface area contributed by atoms with E-state index in [0.717, 1.165) is 6.07 Å². The zero-order valence-corrected chi connectivity index (χ0v) is 10.1. The van der Waals surface area contributed by atoms with E-state index in [-0.39, 0.29) is 24.2 Å². The molecule has 2 aromatic rings. The molecule has 1 N–H and O–H groups in total. The lowest BCUT2D eigenvalue weighted by Gasteiger charge is -2.11. The standard InChI is InChI=1S/C15H13F3O/c16-12-5-1-3-10(7-12)8-13(19)9-11-4-2-6-14(17)15(11)18/h1-7,13,19H,8-9H2. The predicted octanol–water partition coefficient (Wildman–Crippen LogP) is 3.25. The Morgan fingerprint density at radius 3 is 2.42 bits per heavy atom. The van der Waals surface area contributed by atoms with Crippen molar-refractivity contribution >= 4 is 0 Å². The summed E-state index contributed by atoms with van der Waals surface area (Å²) in [5.41, 5.74) is 0.730. The fourth-order valence-electron chi connectivity index (χ4n) is 1.97. The van der Waals surface area contributed by atoms with Crippen LogP contribution in [0.5, 0.6) is 0 Å². The highest BCUT2D eigenvalue weighted by atomic mass is 19.2. The molecule has 0 spiro atoms. The van der Waals surface area contributed by atoms with Crippen LogP contribution >= 0.6 is 0 Å². The van der Waals surface area contributed by atoms with Crippen LogP contribution in [0, 0.1) is 17.5 Å². The third kappa shape index (κ3) is 3.58. The first-order chi connectivity index (χ1) is 9.06. The quantitative estimate of drug-likeness (QED) is 0.900. The summed E-state index contributed by atoms with van der Waals surface area (Å²) < 4.78 is 39.4. The molecule has 19 heavy (non-hydrogen) atoms. The van der Waals surface area contributed by atoms with Crippen molar-refractivity contribution in [3.63, 3.8) is 0 Å². The Hall–Kier alpha value is -1.81. The maximum Gasteiger partial charge on any atom is 0.162 e. The Bertz CT molecular complexity index is 569. The lowest BCUT2D eigenvalue weighted by atomic mass is 10.0. The fourth-order valence-corrected chi connectivity index (χ4v) is 1.97. The van der Waals surface area contributed by atoms with E-state index in [1.807, 2.05) is 0 Å². The zero-order chi connectivity index (χ0) is 13.8. The Kier molecular flexibility index (Phi) is 4.22. The molecule has 0 saturated carbocycles. The van der Waals surface area contributed by atoms with Gasteiger partial charge in [0.25, 0.3) is 0 Å². The van der Waals surface area contributed by atoms with Gasteiger partial charge in [0, 0.05) is 6.42 Å². The van der Waals surface area contributed by atoms with E-state index < -0.39 is 17.7 Å². The van der Waals surface area contributed by atoms with Gasteiger partial charge < -0.3 is 5.11 Å². The van der Waals surface area contributed by atoms with Crippen molar-refractivity contribution in [2.24, 2.45) is 0 Å². The second-order valence-corrected chi connectivity index (χ2v) is 4.40. The first kappa shape index (κ1) is 13.6. The summed E-state index contributed by atoms with van der Waals surface area (Å²) in [7, 11) is 0. The normalized spacial score (nSPS) is 12.4. The number of benzene rings is 2. The number of halogens is 3. The molecule has 0 saturated heterocycles. The summed E-state index contributed by atoms with van der Waals surface area (Å²) in [6.07, 6.45) is -0.716. The summed E-state index contributed by atoms with van der Waals surface area (Å²) in [5.74, 6) is -2.27. The minimum atomic E-state index is -0.944. The maximum atomic E-state index is 13.4. The maximum absolute atomic E-state index is 13.4. The van der Waals surface area contributed by atoms with Gasteiger partial charge in [-0.2, -0.15) is 0 Å². The van der Waals surface area contributed by atoms with Crippen molar-refractivity contribution in [1.82, 2.24) is 0 Å². The molecule has 1 nitrogen and oxygen atoms in total. The van der Waals surface area contributed by atoms with Gasteiger partial charge in [0.1, 0.15) is 5.82 Å². The van der Waals surface area contributed by atoms with E-state index in [2.05, 4.69) is 0 Å². The van der Waals surface area contributed by atoms with Crippen molar-refractivity contribution in [3.05, 3.63) is 71.0 Å². The van der Waals surface area contributed by atoms with Gasteiger partial charge in [-0.15, -0.1) is 0 Å². The summed E-state index contributed by atoms with van der Waals surface area (Å²) in [4.78, 5) is 0. The lowest BCUT2D eigenvalue weighted by Crippen LogP contribution is -2.15. The van der Waals surface area contributed by atoms with Crippen molar-refractivity contribution in [2.45, 2.75) is 18.9 Å². The molecule has 2 rings (SSSR count). The zero-order valence-electron chi connectivity index (χ0n) is 10.1. The van der Waals surface area contributed by atoms with Crippen LogP contribution in [0.2, 0.25) is 0 Å². The van der Waals surface area contributed by atoms with E-state index in [1.165, 1.54) is 24.3 Å². The highest BCUT2D eigenvalue weighted by Gasteiger charge is 2.13. The van der Waals surface area contributed by atoms with Crippen LogP contribution in [0.3, 0.4) is 0 Å². The molecular formula is C15H13F3O. The van der Waals surface area contributed by atoms with Crippen LogP contribution < -0.4 is 0 Å². The topological polar surface area (TPSA) is 20.2 Å². The van der Waals surface area contributed by atoms with Crippen LogP contribution in [0.4, 0.5) is 13.2 Å². The smallest absolute Gasteiger partial charge is 0.162 e. The number of aliphatic hydroxyl groups is 1. The summed E-state index contributed by atoms with van der Waals surface area (Å²) in [5, 5.41) is 9.85. The van der Waals surface area contributed by atoms with Gasteiger partial charge in [-0.25, -0.2) is 13.2 Å². The Balaban J connectivity index is 2.05. The lowest BCUT2D eigenvalue weighted by molar-refractivity contribution is 0.173. The average Bonchev–Trinajstić information content (AvgIpc) is 2.35. The SMILES string of the molecule is OC(Cc1cccc(F)c1)Cc1cccc(F)c1F. The van der Waals surface area contributed by atoms with Crippen molar-refractivity contribution in [3.8, 4) is 0 Å². The molecule has 0 heterocycles. The first-order valence-electron chi connectivity index (χ1n) is 5.91. The molecule has 4 heteroatoms. The van der Waals surface area contributed by atoms with Gasteiger partial charge in [-0.05, 0) is 35.7 Å². The van der Waals surface area contributed by atoms with Crippen LogP contribution in [0.15, 0.2) is 42.5 Å². The van der Waals surface area contributed by atoms with Crippen molar-refractivity contribution in [2.75, 3.05) is 0 Å². The Morgan fingerprint density at radius 1 is 0.947 bits per heavy atom. The summed E-state index contributed by atoms with van der Waals surface area (Å²) in [6, 6.07) is 9.68. The molecule has 0 radical (unpaired) electrons. The molecule has 0 aliphatic rings. The van der Waals surface area contributed by atoms with Gasteiger partial charge in [-0.3, -0.25) is 0 Å². The van der Waals surface area contributed by atoms with Crippen molar-refractivity contribution in [1.29, 1.82) is 0 Å². The minimum Gasteiger partial charge on any atom is -0.392 e. The molecule has 100 valence electrons. The number of rotatable bonds is 4. The highest BCUT2D eigenvalue weighted by molar-refractivity contribution is 5.21. The van der Waals surface area contributed by atoms with E-state index in [1.54, 1.807) is 12.1 Å². The molecule has 0 amide bonds. The Morgan fingerprint density at radius 2 is 1.68 bits per heavy atom. The van der Waals surface area contributed by atoms with Gasteiger partial charge >= 0.3 is 0 Å². The van der Waals surface area contributed by atoms with Gasteiger partial charge in [0.05, 0.1) is 6.10 Å². The number of hydrogen-bond donors (Lipinski definition) is 1. The predicted molar refractivity (Wildman–Crippen MR) is 66.2 cm³/mol. The molecular weight excluding hydrogens is 253 g/mol. The van der Waals surface area contributed by atoms with E-state index >= 15 is 0 Å². The molecule has 0 aliphatic carbocycles. The van der Waals surface area contributed by atoms with Crippen LogP contribution in [-0.4, -0.2) is 11.2 Å². The number of aliphatic hydroxyl groups excluding tert-OH is 1. The van der Waals surface area contributed by atoms with E-state index in [4.69, 9.17) is 0 Å².